The lowest BCUT2D eigenvalue weighted by atomic mass is 10.1. The minimum Gasteiger partial charge on any atom is -0.373 e. The third kappa shape index (κ3) is 2.71. The highest BCUT2D eigenvalue weighted by Crippen LogP contribution is 2.28. The maximum atomic E-state index is 5.93. The summed E-state index contributed by atoms with van der Waals surface area (Å²) in [6.45, 7) is 4.52. The van der Waals surface area contributed by atoms with Crippen LogP contribution in [0.4, 0.5) is 0 Å². The second kappa shape index (κ2) is 5.28. The van der Waals surface area contributed by atoms with Crippen molar-refractivity contribution in [3.05, 3.63) is 48.6 Å². The van der Waals surface area contributed by atoms with E-state index >= 15 is 0 Å². The molecule has 1 aliphatic carbocycles. The van der Waals surface area contributed by atoms with Gasteiger partial charge in [-0.1, -0.05) is 36.4 Å². The van der Waals surface area contributed by atoms with Crippen LogP contribution in [-0.4, -0.2) is 12.1 Å². The van der Waals surface area contributed by atoms with E-state index in [4.69, 9.17) is 10.5 Å². The van der Waals surface area contributed by atoms with E-state index in [1.807, 2.05) is 24.3 Å². The molecule has 0 bridgehead atoms. The molecule has 0 amide bonds. The third-order valence-corrected chi connectivity index (χ3v) is 3.20. The van der Waals surface area contributed by atoms with Crippen molar-refractivity contribution in [1.82, 2.24) is 0 Å². The summed E-state index contributed by atoms with van der Waals surface area (Å²) in [6, 6.07) is 10.5. The number of benzene rings is 1. The van der Waals surface area contributed by atoms with E-state index in [9.17, 15) is 0 Å². The fourth-order valence-corrected chi connectivity index (χ4v) is 2.29. The first-order valence-electron chi connectivity index (χ1n) is 5.83. The molecule has 1 aliphatic rings. The van der Waals surface area contributed by atoms with Gasteiger partial charge in [0.25, 0.3) is 0 Å². The summed E-state index contributed by atoms with van der Waals surface area (Å²) in [4.78, 5) is 0. The summed E-state index contributed by atoms with van der Waals surface area (Å²) >= 11 is 0. The molecule has 1 aromatic rings. The Morgan fingerprint density at radius 3 is 2.75 bits per heavy atom. The maximum Gasteiger partial charge on any atom is 0.0720 e. The zero-order chi connectivity index (χ0) is 11.4. The highest BCUT2D eigenvalue weighted by atomic mass is 16.5. The molecule has 86 valence electrons. The fourth-order valence-electron chi connectivity index (χ4n) is 2.29. The molecule has 0 unspecified atom stereocenters. The molecule has 3 atom stereocenters. The Morgan fingerprint density at radius 1 is 1.31 bits per heavy atom. The van der Waals surface area contributed by atoms with Crippen LogP contribution in [0, 0.1) is 5.92 Å². The monoisotopic (exact) mass is 217 g/mol. The molecule has 1 saturated carbocycles. The van der Waals surface area contributed by atoms with Gasteiger partial charge >= 0.3 is 0 Å². The van der Waals surface area contributed by atoms with Gasteiger partial charge in [-0.25, -0.2) is 0 Å². The van der Waals surface area contributed by atoms with Gasteiger partial charge in [-0.05, 0) is 18.4 Å². The van der Waals surface area contributed by atoms with Crippen molar-refractivity contribution >= 4 is 0 Å². The van der Waals surface area contributed by atoms with Crippen LogP contribution in [-0.2, 0) is 11.3 Å². The van der Waals surface area contributed by atoms with Gasteiger partial charge in [0.2, 0.25) is 0 Å². The van der Waals surface area contributed by atoms with Gasteiger partial charge < -0.3 is 10.5 Å². The Kier molecular flexibility index (Phi) is 3.75. The van der Waals surface area contributed by atoms with Crippen LogP contribution in [0.1, 0.15) is 18.4 Å². The molecular formula is C14H19NO. The minimum atomic E-state index is 0.243. The van der Waals surface area contributed by atoms with E-state index in [-0.39, 0.29) is 12.1 Å². The molecule has 16 heavy (non-hydrogen) atoms. The van der Waals surface area contributed by atoms with Crippen LogP contribution in [0.5, 0.6) is 0 Å². The molecule has 0 aromatic heterocycles. The smallest absolute Gasteiger partial charge is 0.0720 e. The predicted molar refractivity (Wildman–Crippen MR) is 65.9 cm³/mol. The molecule has 2 N–H and O–H groups in total. The Bertz CT molecular complexity index is 336. The van der Waals surface area contributed by atoms with Crippen LogP contribution < -0.4 is 5.73 Å². The molecule has 0 saturated heterocycles. The van der Waals surface area contributed by atoms with Gasteiger partial charge in [0.05, 0.1) is 12.7 Å². The standard InChI is InChI=1S/C14H19NO/c1-2-12-8-13(15)9-14(12)16-10-11-6-4-3-5-7-11/h2-7,12-14H,1,8-10,15H2/t12-,13+,14-/m0/s1. The summed E-state index contributed by atoms with van der Waals surface area (Å²) in [6.07, 6.45) is 4.17. The zero-order valence-corrected chi connectivity index (χ0v) is 9.51. The summed E-state index contributed by atoms with van der Waals surface area (Å²) in [5.41, 5.74) is 7.15. The van der Waals surface area contributed by atoms with Crippen LogP contribution in [0.2, 0.25) is 0 Å². The van der Waals surface area contributed by atoms with E-state index in [0.717, 1.165) is 12.8 Å². The Morgan fingerprint density at radius 2 is 2.06 bits per heavy atom. The normalized spacial score (nSPS) is 29.2. The summed E-state index contributed by atoms with van der Waals surface area (Å²) in [5, 5.41) is 0. The second-order valence-electron chi connectivity index (χ2n) is 4.47. The number of hydrogen-bond acceptors (Lipinski definition) is 2. The lowest BCUT2D eigenvalue weighted by Gasteiger charge is -2.16. The second-order valence-corrected chi connectivity index (χ2v) is 4.47. The average Bonchev–Trinajstić information content (AvgIpc) is 2.68. The zero-order valence-electron chi connectivity index (χ0n) is 9.51. The summed E-state index contributed by atoms with van der Waals surface area (Å²) in [7, 11) is 0. The first-order valence-corrected chi connectivity index (χ1v) is 5.83. The third-order valence-electron chi connectivity index (χ3n) is 3.20. The van der Waals surface area contributed by atoms with Crippen LogP contribution >= 0.6 is 0 Å². The van der Waals surface area contributed by atoms with Gasteiger partial charge in [-0.2, -0.15) is 0 Å². The molecule has 0 aliphatic heterocycles. The van der Waals surface area contributed by atoms with Gasteiger partial charge in [0, 0.05) is 12.0 Å². The van der Waals surface area contributed by atoms with Crippen LogP contribution in [0.3, 0.4) is 0 Å². The van der Waals surface area contributed by atoms with E-state index in [0.29, 0.717) is 12.5 Å². The van der Waals surface area contributed by atoms with E-state index in [2.05, 4.69) is 18.7 Å². The minimum absolute atomic E-state index is 0.243. The first-order chi connectivity index (χ1) is 7.79. The summed E-state index contributed by atoms with van der Waals surface area (Å²) < 4.78 is 5.91. The molecular weight excluding hydrogens is 198 g/mol. The van der Waals surface area contributed by atoms with Crippen molar-refractivity contribution in [3.8, 4) is 0 Å². The number of rotatable bonds is 4. The Balaban J connectivity index is 1.88. The number of hydrogen-bond donors (Lipinski definition) is 1. The van der Waals surface area contributed by atoms with Crippen molar-refractivity contribution < 1.29 is 4.74 Å². The molecule has 0 heterocycles. The maximum absolute atomic E-state index is 5.93. The van der Waals surface area contributed by atoms with Crippen molar-refractivity contribution in [1.29, 1.82) is 0 Å². The van der Waals surface area contributed by atoms with Crippen molar-refractivity contribution in [2.45, 2.75) is 31.6 Å². The van der Waals surface area contributed by atoms with Gasteiger partial charge in [0.1, 0.15) is 0 Å². The molecule has 1 aromatic carbocycles. The van der Waals surface area contributed by atoms with Gasteiger partial charge in [-0.3, -0.25) is 0 Å². The van der Waals surface area contributed by atoms with Crippen molar-refractivity contribution in [2.75, 3.05) is 0 Å². The highest BCUT2D eigenvalue weighted by Gasteiger charge is 2.30. The molecule has 2 rings (SSSR count). The number of nitrogens with two attached hydrogens (primary N) is 1. The largest absolute Gasteiger partial charge is 0.373 e. The predicted octanol–water partition coefficient (Wildman–Crippen LogP) is 2.50. The van der Waals surface area contributed by atoms with Crippen molar-refractivity contribution in [3.63, 3.8) is 0 Å². The lowest BCUT2D eigenvalue weighted by molar-refractivity contribution is 0.0269. The average molecular weight is 217 g/mol. The lowest BCUT2D eigenvalue weighted by Crippen LogP contribution is -2.18. The van der Waals surface area contributed by atoms with Gasteiger partial charge in [0.15, 0.2) is 0 Å². The highest BCUT2D eigenvalue weighted by molar-refractivity contribution is 5.13. The number of ether oxygens (including phenoxy) is 1. The fraction of sp³-hybridized carbons (Fsp3) is 0.429. The van der Waals surface area contributed by atoms with Crippen LogP contribution in [0.25, 0.3) is 0 Å². The Labute approximate surface area is 97.1 Å². The van der Waals surface area contributed by atoms with Crippen molar-refractivity contribution in [2.24, 2.45) is 11.7 Å². The quantitative estimate of drug-likeness (QED) is 0.786. The van der Waals surface area contributed by atoms with Crippen LogP contribution in [0.15, 0.2) is 43.0 Å². The Hall–Kier alpha value is -1.12. The van der Waals surface area contributed by atoms with Gasteiger partial charge in [-0.15, -0.1) is 6.58 Å². The van der Waals surface area contributed by atoms with E-state index in [1.54, 1.807) is 0 Å². The van der Waals surface area contributed by atoms with E-state index < -0.39 is 0 Å². The van der Waals surface area contributed by atoms with E-state index in [1.165, 1.54) is 5.56 Å². The molecule has 2 heteroatoms. The summed E-state index contributed by atoms with van der Waals surface area (Å²) in [5.74, 6) is 0.415. The molecule has 0 spiro atoms. The first kappa shape index (κ1) is 11.4. The molecule has 1 fully saturated rings. The molecule has 2 nitrogen and oxygen atoms in total. The SMILES string of the molecule is C=C[C@H]1C[C@@H](N)C[C@@H]1OCc1ccccc1. The molecule has 0 radical (unpaired) electrons. The topological polar surface area (TPSA) is 35.2 Å².